The normalized spacial score (nSPS) is 23.7. The van der Waals surface area contributed by atoms with E-state index in [2.05, 4.69) is 4.90 Å². The van der Waals surface area contributed by atoms with Crippen molar-refractivity contribution < 1.29 is 13.2 Å². The second kappa shape index (κ2) is 5.94. The van der Waals surface area contributed by atoms with E-state index in [1.54, 1.807) is 36.5 Å². The lowest BCUT2D eigenvalue weighted by Gasteiger charge is -2.28. The molecule has 0 bridgehead atoms. The van der Waals surface area contributed by atoms with Gasteiger partial charge in [0.2, 0.25) is 10.0 Å². The van der Waals surface area contributed by atoms with E-state index in [-0.39, 0.29) is 12.1 Å². The number of nitrogens with zero attached hydrogens (tertiary/aromatic N) is 2. The molecule has 1 saturated heterocycles. The molecule has 0 spiro atoms. The van der Waals surface area contributed by atoms with Crippen LogP contribution in [-0.4, -0.2) is 57.5 Å². The molecule has 1 fully saturated rings. The van der Waals surface area contributed by atoms with E-state index in [9.17, 15) is 8.42 Å². The maximum absolute atomic E-state index is 12.9. The predicted molar refractivity (Wildman–Crippen MR) is 83.2 cm³/mol. The molecule has 1 aromatic carbocycles. The van der Waals surface area contributed by atoms with Crippen LogP contribution in [0.25, 0.3) is 0 Å². The van der Waals surface area contributed by atoms with Gasteiger partial charge in [0, 0.05) is 18.6 Å². The fourth-order valence-electron chi connectivity index (χ4n) is 3.09. The first-order valence-electron chi connectivity index (χ1n) is 7.12. The van der Waals surface area contributed by atoms with Crippen LogP contribution in [0.15, 0.2) is 23.1 Å². The molecular formula is C15H24N2O3S. The van der Waals surface area contributed by atoms with Crippen molar-refractivity contribution in [3.8, 4) is 5.75 Å². The number of rotatable bonds is 4. The van der Waals surface area contributed by atoms with Crippen LogP contribution in [0.3, 0.4) is 0 Å². The Labute approximate surface area is 127 Å². The number of hydrogen-bond acceptors (Lipinski definition) is 4. The minimum atomic E-state index is -3.46. The topological polar surface area (TPSA) is 49.9 Å². The SMILES string of the molecule is COc1ccc(S(=O)(=O)N2CC[C@H](N(C)C)[C@@H]2C)c(C)c1. The second-order valence-corrected chi connectivity index (χ2v) is 7.67. The van der Waals surface area contributed by atoms with Gasteiger partial charge in [-0.2, -0.15) is 4.31 Å². The average Bonchev–Trinajstić information content (AvgIpc) is 2.80. The van der Waals surface area contributed by atoms with Gasteiger partial charge < -0.3 is 9.64 Å². The molecule has 6 heteroatoms. The number of hydrogen-bond donors (Lipinski definition) is 0. The summed E-state index contributed by atoms with van der Waals surface area (Å²) in [5, 5.41) is 0. The highest BCUT2D eigenvalue weighted by Gasteiger charge is 2.40. The Kier molecular flexibility index (Phi) is 4.60. The quantitative estimate of drug-likeness (QED) is 0.849. The molecule has 0 N–H and O–H groups in total. The van der Waals surface area contributed by atoms with Crippen LogP contribution in [-0.2, 0) is 10.0 Å². The van der Waals surface area contributed by atoms with Crippen LogP contribution >= 0.6 is 0 Å². The van der Waals surface area contributed by atoms with Crippen molar-refractivity contribution in [1.29, 1.82) is 0 Å². The third kappa shape index (κ3) is 2.93. The first kappa shape index (κ1) is 16.3. The van der Waals surface area contributed by atoms with Crippen LogP contribution in [0.2, 0.25) is 0 Å². The van der Waals surface area contributed by atoms with Gasteiger partial charge in [-0.1, -0.05) is 0 Å². The Morgan fingerprint density at radius 2 is 2.00 bits per heavy atom. The Bertz CT molecular complexity index is 613. The lowest BCUT2D eigenvalue weighted by atomic mass is 10.1. The lowest BCUT2D eigenvalue weighted by Crippen LogP contribution is -2.42. The highest BCUT2D eigenvalue weighted by Crippen LogP contribution is 2.30. The molecule has 1 aromatic rings. The van der Waals surface area contributed by atoms with Crippen molar-refractivity contribution in [3.63, 3.8) is 0 Å². The summed E-state index contributed by atoms with van der Waals surface area (Å²) in [4.78, 5) is 2.47. The minimum absolute atomic E-state index is 0.0218. The van der Waals surface area contributed by atoms with E-state index in [1.165, 1.54) is 0 Å². The number of methoxy groups -OCH3 is 1. The molecule has 1 aliphatic heterocycles. The van der Waals surface area contributed by atoms with E-state index in [0.717, 1.165) is 12.0 Å². The van der Waals surface area contributed by atoms with Gasteiger partial charge in [-0.25, -0.2) is 8.42 Å². The van der Waals surface area contributed by atoms with Crippen LogP contribution in [0, 0.1) is 6.92 Å². The maximum atomic E-state index is 12.9. The predicted octanol–water partition coefficient (Wildman–Crippen LogP) is 1.72. The highest BCUT2D eigenvalue weighted by atomic mass is 32.2. The number of sulfonamides is 1. The van der Waals surface area contributed by atoms with Gasteiger partial charge in [-0.15, -0.1) is 0 Å². The molecule has 0 aliphatic carbocycles. The molecule has 0 amide bonds. The molecule has 0 radical (unpaired) electrons. The third-order valence-corrected chi connectivity index (χ3v) is 6.43. The fraction of sp³-hybridized carbons (Fsp3) is 0.600. The molecule has 0 saturated carbocycles. The summed E-state index contributed by atoms with van der Waals surface area (Å²) in [5.74, 6) is 0.673. The summed E-state index contributed by atoms with van der Waals surface area (Å²) in [7, 11) is 2.11. The zero-order valence-corrected chi connectivity index (χ0v) is 14.1. The van der Waals surface area contributed by atoms with Gasteiger partial charge in [0.1, 0.15) is 5.75 Å². The minimum Gasteiger partial charge on any atom is -0.497 e. The second-order valence-electron chi connectivity index (χ2n) is 5.81. The first-order valence-corrected chi connectivity index (χ1v) is 8.56. The Balaban J connectivity index is 2.35. The fourth-order valence-corrected chi connectivity index (χ4v) is 4.97. The summed E-state index contributed by atoms with van der Waals surface area (Å²) in [5.41, 5.74) is 0.717. The lowest BCUT2D eigenvalue weighted by molar-refractivity contribution is 0.250. The molecular weight excluding hydrogens is 288 g/mol. The van der Waals surface area contributed by atoms with Gasteiger partial charge in [-0.3, -0.25) is 0 Å². The summed E-state index contributed by atoms with van der Waals surface area (Å²) < 4.78 is 32.6. The van der Waals surface area contributed by atoms with Crippen LogP contribution in [0.5, 0.6) is 5.75 Å². The average molecular weight is 312 g/mol. The molecule has 1 aliphatic rings. The number of benzene rings is 1. The van der Waals surface area contributed by atoms with E-state index >= 15 is 0 Å². The van der Waals surface area contributed by atoms with Crippen molar-refractivity contribution >= 4 is 10.0 Å². The molecule has 2 atom stereocenters. The Hall–Kier alpha value is -1.11. The number of likely N-dealkylation sites (N-methyl/N-ethyl adjacent to an activating group) is 1. The maximum Gasteiger partial charge on any atom is 0.243 e. The summed E-state index contributed by atoms with van der Waals surface area (Å²) in [6, 6.07) is 5.34. The van der Waals surface area contributed by atoms with Gasteiger partial charge in [0.05, 0.1) is 12.0 Å². The van der Waals surface area contributed by atoms with Crippen molar-refractivity contribution in [1.82, 2.24) is 9.21 Å². The van der Waals surface area contributed by atoms with Crippen LogP contribution in [0.1, 0.15) is 18.9 Å². The van der Waals surface area contributed by atoms with Crippen LogP contribution in [0.4, 0.5) is 0 Å². The first-order chi connectivity index (χ1) is 9.78. The van der Waals surface area contributed by atoms with Crippen molar-refractivity contribution in [3.05, 3.63) is 23.8 Å². The summed E-state index contributed by atoms with van der Waals surface area (Å²) in [6.07, 6.45) is 0.864. The van der Waals surface area contributed by atoms with Crippen molar-refractivity contribution in [2.24, 2.45) is 0 Å². The zero-order chi connectivity index (χ0) is 15.8. The van der Waals surface area contributed by atoms with E-state index < -0.39 is 10.0 Å². The molecule has 1 heterocycles. The molecule has 0 aromatic heterocycles. The standard InChI is InChI=1S/C15H24N2O3S/c1-11-10-13(20-5)6-7-15(11)21(18,19)17-9-8-14(12(17)2)16(3)4/h6-7,10,12,14H,8-9H2,1-5H3/t12-,14-/m0/s1. The van der Waals surface area contributed by atoms with Gasteiger partial charge in [0.25, 0.3) is 0 Å². The Morgan fingerprint density at radius 1 is 1.33 bits per heavy atom. The van der Waals surface area contributed by atoms with Gasteiger partial charge >= 0.3 is 0 Å². The summed E-state index contributed by atoms with van der Waals surface area (Å²) >= 11 is 0. The number of ether oxygens (including phenoxy) is 1. The molecule has 5 nitrogen and oxygen atoms in total. The highest BCUT2D eigenvalue weighted by molar-refractivity contribution is 7.89. The Morgan fingerprint density at radius 3 is 2.48 bits per heavy atom. The third-order valence-electron chi connectivity index (χ3n) is 4.29. The van der Waals surface area contributed by atoms with Gasteiger partial charge in [0.15, 0.2) is 0 Å². The van der Waals surface area contributed by atoms with Gasteiger partial charge in [-0.05, 0) is 58.1 Å². The molecule has 2 rings (SSSR count). The monoisotopic (exact) mass is 312 g/mol. The molecule has 0 unspecified atom stereocenters. The van der Waals surface area contributed by atoms with E-state index in [1.807, 2.05) is 21.0 Å². The smallest absolute Gasteiger partial charge is 0.243 e. The van der Waals surface area contributed by atoms with E-state index in [4.69, 9.17) is 4.74 Å². The van der Waals surface area contributed by atoms with Crippen molar-refractivity contribution in [2.75, 3.05) is 27.7 Å². The van der Waals surface area contributed by atoms with E-state index in [0.29, 0.717) is 17.2 Å². The largest absolute Gasteiger partial charge is 0.497 e. The van der Waals surface area contributed by atoms with Crippen LogP contribution < -0.4 is 4.74 Å². The molecule has 118 valence electrons. The summed E-state index contributed by atoms with van der Waals surface area (Å²) in [6.45, 7) is 4.35. The number of aryl methyl sites for hydroxylation is 1. The van der Waals surface area contributed by atoms with Crippen molar-refractivity contribution in [2.45, 2.75) is 37.2 Å². The zero-order valence-electron chi connectivity index (χ0n) is 13.3. The molecule has 21 heavy (non-hydrogen) atoms.